The number of nitrogen functional groups attached to an aromatic ring is 1. The van der Waals surface area contributed by atoms with Crippen molar-refractivity contribution in [1.29, 1.82) is 0 Å². The predicted octanol–water partition coefficient (Wildman–Crippen LogP) is 1.37. The maximum absolute atomic E-state index is 5.79. The van der Waals surface area contributed by atoms with E-state index < -0.39 is 0 Å². The van der Waals surface area contributed by atoms with Gasteiger partial charge < -0.3 is 16.0 Å². The number of aromatic nitrogens is 4. The van der Waals surface area contributed by atoms with Gasteiger partial charge in [0.2, 0.25) is 17.8 Å². The SMILES string of the molecule is Cc1cnccc1CNc1nc(N)nc(N2CCCC2)n1. The van der Waals surface area contributed by atoms with Gasteiger partial charge in [0.1, 0.15) is 0 Å². The average molecular weight is 285 g/mol. The van der Waals surface area contributed by atoms with Crippen LogP contribution in [0, 0.1) is 6.92 Å². The number of anilines is 3. The fourth-order valence-corrected chi connectivity index (χ4v) is 2.39. The Labute approximate surface area is 123 Å². The lowest BCUT2D eigenvalue weighted by Gasteiger charge is -2.16. The van der Waals surface area contributed by atoms with Gasteiger partial charge >= 0.3 is 0 Å². The first-order valence-corrected chi connectivity index (χ1v) is 7.12. The maximum Gasteiger partial charge on any atom is 0.231 e. The number of pyridine rings is 1. The Bertz CT molecular complexity index is 622. The molecule has 3 rings (SSSR count). The minimum atomic E-state index is 0.251. The summed E-state index contributed by atoms with van der Waals surface area (Å²) in [5, 5.41) is 3.21. The molecule has 0 unspecified atom stereocenters. The Morgan fingerprint density at radius 2 is 2.05 bits per heavy atom. The van der Waals surface area contributed by atoms with E-state index in [-0.39, 0.29) is 5.95 Å². The Balaban J connectivity index is 1.74. The second-order valence-corrected chi connectivity index (χ2v) is 5.17. The van der Waals surface area contributed by atoms with Crippen molar-refractivity contribution in [1.82, 2.24) is 19.9 Å². The van der Waals surface area contributed by atoms with Crippen LogP contribution in [-0.2, 0) is 6.54 Å². The Morgan fingerprint density at radius 3 is 2.81 bits per heavy atom. The van der Waals surface area contributed by atoms with Crippen molar-refractivity contribution in [3.05, 3.63) is 29.6 Å². The van der Waals surface area contributed by atoms with Crippen LogP contribution in [0.5, 0.6) is 0 Å². The monoisotopic (exact) mass is 285 g/mol. The lowest BCUT2D eigenvalue weighted by Crippen LogP contribution is -2.22. The molecule has 0 atom stereocenters. The van der Waals surface area contributed by atoms with E-state index >= 15 is 0 Å². The van der Waals surface area contributed by atoms with E-state index in [1.807, 2.05) is 19.2 Å². The molecule has 1 saturated heterocycles. The highest BCUT2D eigenvalue weighted by Crippen LogP contribution is 2.18. The van der Waals surface area contributed by atoms with Crippen molar-refractivity contribution in [3.63, 3.8) is 0 Å². The van der Waals surface area contributed by atoms with Crippen LogP contribution in [0.15, 0.2) is 18.5 Å². The Kier molecular flexibility index (Phi) is 3.81. The van der Waals surface area contributed by atoms with Crippen molar-refractivity contribution < 1.29 is 0 Å². The second-order valence-electron chi connectivity index (χ2n) is 5.17. The highest BCUT2D eigenvalue weighted by Gasteiger charge is 2.16. The standard InChI is InChI=1S/C14H19N7/c1-10-8-16-5-4-11(10)9-17-13-18-12(15)19-14(20-13)21-6-2-3-7-21/h4-5,8H,2-3,6-7,9H2,1H3,(H3,15,17,18,19,20). The molecule has 3 heterocycles. The molecule has 1 aliphatic heterocycles. The molecule has 21 heavy (non-hydrogen) atoms. The van der Waals surface area contributed by atoms with Gasteiger partial charge in [-0.2, -0.15) is 15.0 Å². The molecular formula is C14H19N7. The second kappa shape index (κ2) is 5.90. The quantitative estimate of drug-likeness (QED) is 0.876. The lowest BCUT2D eigenvalue weighted by molar-refractivity contribution is 0.880. The van der Waals surface area contributed by atoms with Crippen molar-refractivity contribution in [2.45, 2.75) is 26.3 Å². The Morgan fingerprint density at radius 1 is 1.24 bits per heavy atom. The average Bonchev–Trinajstić information content (AvgIpc) is 3.00. The topological polar surface area (TPSA) is 92.8 Å². The molecule has 0 aromatic carbocycles. The molecule has 0 bridgehead atoms. The minimum Gasteiger partial charge on any atom is -0.368 e. The molecule has 0 radical (unpaired) electrons. The molecule has 1 fully saturated rings. The minimum absolute atomic E-state index is 0.251. The molecule has 0 spiro atoms. The van der Waals surface area contributed by atoms with Crippen molar-refractivity contribution in [3.8, 4) is 0 Å². The fraction of sp³-hybridized carbons (Fsp3) is 0.429. The van der Waals surface area contributed by atoms with Crippen molar-refractivity contribution >= 4 is 17.8 Å². The van der Waals surface area contributed by atoms with Gasteiger partial charge in [-0.05, 0) is 37.0 Å². The molecule has 0 saturated carbocycles. The molecule has 0 amide bonds. The summed E-state index contributed by atoms with van der Waals surface area (Å²) >= 11 is 0. The summed E-state index contributed by atoms with van der Waals surface area (Å²) < 4.78 is 0. The van der Waals surface area contributed by atoms with Crippen LogP contribution < -0.4 is 16.0 Å². The number of nitrogens with two attached hydrogens (primary N) is 1. The zero-order valence-corrected chi connectivity index (χ0v) is 12.1. The van der Waals surface area contributed by atoms with Crippen LogP contribution in [-0.4, -0.2) is 33.0 Å². The summed E-state index contributed by atoms with van der Waals surface area (Å²) in [5.74, 6) is 1.43. The van der Waals surface area contributed by atoms with E-state index in [4.69, 9.17) is 5.73 Å². The number of hydrogen-bond donors (Lipinski definition) is 2. The van der Waals surface area contributed by atoms with Crippen LogP contribution >= 0.6 is 0 Å². The first-order valence-electron chi connectivity index (χ1n) is 7.12. The number of nitrogens with zero attached hydrogens (tertiary/aromatic N) is 5. The van der Waals surface area contributed by atoms with Crippen molar-refractivity contribution in [2.24, 2.45) is 0 Å². The van der Waals surface area contributed by atoms with E-state index in [2.05, 4.69) is 30.2 Å². The van der Waals surface area contributed by atoms with Crippen molar-refractivity contribution in [2.75, 3.05) is 29.0 Å². The Hall–Kier alpha value is -2.44. The zero-order chi connectivity index (χ0) is 14.7. The summed E-state index contributed by atoms with van der Waals surface area (Å²) in [6.45, 7) is 4.62. The molecular weight excluding hydrogens is 266 g/mol. The maximum atomic E-state index is 5.79. The van der Waals surface area contributed by atoms with E-state index in [0.717, 1.165) is 24.2 Å². The van der Waals surface area contributed by atoms with E-state index in [1.54, 1.807) is 6.20 Å². The summed E-state index contributed by atoms with van der Waals surface area (Å²) in [5.41, 5.74) is 8.08. The zero-order valence-electron chi connectivity index (χ0n) is 12.1. The summed E-state index contributed by atoms with van der Waals surface area (Å²) in [4.78, 5) is 19.1. The van der Waals surface area contributed by atoms with Gasteiger partial charge in [-0.3, -0.25) is 4.98 Å². The van der Waals surface area contributed by atoms with E-state index in [9.17, 15) is 0 Å². The van der Waals surface area contributed by atoms with Gasteiger partial charge in [-0.1, -0.05) is 0 Å². The number of nitrogens with one attached hydrogen (secondary N) is 1. The third kappa shape index (κ3) is 3.18. The molecule has 1 aliphatic rings. The normalized spacial score (nSPS) is 14.4. The predicted molar refractivity (Wildman–Crippen MR) is 82.0 cm³/mol. The van der Waals surface area contributed by atoms with Crippen LogP contribution in [0.4, 0.5) is 17.8 Å². The highest BCUT2D eigenvalue weighted by atomic mass is 15.3. The fourth-order valence-electron chi connectivity index (χ4n) is 2.39. The first kappa shape index (κ1) is 13.5. The summed E-state index contributed by atoms with van der Waals surface area (Å²) in [6.07, 6.45) is 5.96. The molecule has 3 N–H and O–H groups in total. The van der Waals surface area contributed by atoms with Gasteiger partial charge in [0.05, 0.1) is 0 Å². The van der Waals surface area contributed by atoms with Crippen LogP contribution in [0.1, 0.15) is 24.0 Å². The molecule has 0 aliphatic carbocycles. The van der Waals surface area contributed by atoms with E-state index in [1.165, 1.54) is 12.8 Å². The largest absolute Gasteiger partial charge is 0.368 e. The summed E-state index contributed by atoms with van der Waals surface area (Å²) in [7, 11) is 0. The third-order valence-electron chi connectivity index (χ3n) is 3.60. The highest BCUT2D eigenvalue weighted by molar-refractivity contribution is 5.43. The lowest BCUT2D eigenvalue weighted by atomic mass is 10.1. The first-order chi connectivity index (χ1) is 10.2. The van der Waals surface area contributed by atoms with Gasteiger partial charge in [-0.25, -0.2) is 0 Å². The van der Waals surface area contributed by atoms with Crippen LogP contribution in [0.25, 0.3) is 0 Å². The van der Waals surface area contributed by atoms with Gasteiger partial charge in [0, 0.05) is 32.0 Å². The van der Waals surface area contributed by atoms with Gasteiger partial charge in [-0.15, -0.1) is 0 Å². The van der Waals surface area contributed by atoms with E-state index in [0.29, 0.717) is 18.4 Å². The molecule has 110 valence electrons. The molecule has 2 aromatic heterocycles. The van der Waals surface area contributed by atoms with Crippen LogP contribution in [0.2, 0.25) is 0 Å². The number of hydrogen-bond acceptors (Lipinski definition) is 7. The third-order valence-corrected chi connectivity index (χ3v) is 3.60. The molecule has 2 aromatic rings. The van der Waals surface area contributed by atoms with Gasteiger partial charge in [0.15, 0.2) is 0 Å². The number of rotatable bonds is 4. The molecule has 7 heteroatoms. The van der Waals surface area contributed by atoms with Gasteiger partial charge in [0.25, 0.3) is 0 Å². The summed E-state index contributed by atoms with van der Waals surface area (Å²) in [6, 6.07) is 1.98. The smallest absolute Gasteiger partial charge is 0.231 e. The number of aryl methyl sites for hydroxylation is 1. The molecule has 7 nitrogen and oxygen atoms in total. The van der Waals surface area contributed by atoms with Crippen LogP contribution in [0.3, 0.4) is 0 Å².